The number of sulfonamides is 2. The van der Waals surface area contributed by atoms with Crippen LogP contribution >= 0.6 is 23.5 Å². The molecular weight excluding hydrogens is 1620 g/mol. The van der Waals surface area contributed by atoms with Gasteiger partial charge in [-0.15, -0.1) is 11.8 Å². The van der Waals surface area contributed by atoms with E-state index >= 15 is 9.59 Å². The van der Waals surface area contributed by atoms with Crippen molar-refractivity contribution in [3.63, 3.8) is 0 Å². The fourth-order valence-electron chi connectivity index (χ4n) is 12.9. The van der Waals surface area contributed by atoms with Crippen molar-refractivity contribution in [1.29, 1.82) is 10.8 Å². The predicted octanol–water partition coefficient (Wildman–Crippen LogP) is 4.13. The second-order valence-electron chi connectivity index (χ2n) is 29.6. The lowest BCUT2D eigenvalue weighted by Gasteiger charge is -2.37. The maximum atomic E-state index is 15.0. The quantitative estimate of drug-likeness (QED) is 0.0145. The van der Waals surface area contributed by atoms with Gasteiger partial charge in [0.1, 0.15) is 42.0 Å². The standard InChI is InChI=1S/C84H113N17O15S4/c1-6-116-62-35-33-59(34-36-62)48-67(94-72(103)50-84(41-17-10-18-42-84)118-53-61-25-15-9-16-26-61)77(107)96-68(47-58-21-11-7-12-22-58)79(109)99-74(55(2)3)81(111)97-69(49-71(86)102)78(108)98-70(54-117-52-60-23-13-8-14-24-60)80(110)95-66(28-20-44-92-83(88)101-120(114,115)64-39-31-57(5)32-40-64)76(106)93-51-73(104)89-45-46-90-75(105)65(85)27-19-43-91-82(87)100-119(112,113)63-37-29-56(4)30-38-63/h7-9,11-16,21-26,29-40,55,65-70,74H,6,10,17-20,27-28,41-54,85H2,1-5H3,(H2,86,102)(H,89,104)(H,90,105)(H,93,106)(H,94,103)(H,95,110)(H,96,107)(H,97,111)(H,98,108)(H,99,109)(H3,87,91,100)(H3,88,92,101)/t65-,66-,67+,68-,69-,70-,74-/m0/s1. The van der Waals surface area contributed by atoms with Crippen LogP contribution in [-0.4, -0.2) is 180 Å². The lowest BCUT2D eigenvalue weighted by molar-refractivity contribution is -0.136. The van der Waals surface area contributed by atoms with Crippen molar-refractivity contribution < 1.29 is 69.5 Å². The van der Waals surface area contributed by atoms with Crippen molar-refractivity contribution in [2.45, 2.75) is 186 Å². The number of nitrogens with one attached hydrogen (secondary N) is 15. The molecule has 1 fully saturated rings. The van der Waals surface area contributed by atoms with E-state index in [1.807, 2.05) is 49.4 Å². The van der Waals surface area contributed by atoms with Gasteiger partial charge in [-0.05, 0) is 124 Å². The molecule has 0 aliphatic heterocycles. The molecule has 648 valence electrons. The summed E-state index contributed by atoms with van der Waals surface area (Å²) in [5.41, 5.74) is 16.8. The smallest absolute Gasteiger partial charge is 0.264 e. The monoisotopic (exact) mass is 1730 g/mol. The molecule has 120 heavy (non-hydrogen) atoms. The first-order valence-electron chi connectivity index (χ1n) is 39.9. The van der Waals surface area contributed by atoms with Gasteiger partial charge in [-0.1, -0.05) is 172 Å². The fourth-order valence-corrected chi connectivity index (χ4v) is 17.3. The van der Waals surface area contributed by atoms with Gasteiger partial charge in [0, 0.05) is 67.4 Å². The average Bonchev–Trinajstić information content (AvgIpc) is 0.837. The highest BCUT2D eigenvalue weighted by molar-refractivity contribution is 8.00. The molecule has 0 saturated heterocycles. The summed E-state index contributed by atoms with van der Waals surface area (Å²) in [5.74, 6) is -8.55. The van der Waals surface area contributed by atoms with E-state index in [0.29, 0.717) is 35.0 Å². The Morgan fingerprint density at radius 1 is 0.475 bits per heavy atom. The molecule has 32 nitrogen and oxygen atoms in total. The van der Waals surface area contributed by atoms with Gasteiger partial charge in [0.25, 0.3) is 20.0 Å². The zero-order chi connectivity index (χ0) is 87.2. The number of carbonyl (C=O) groups excluding carboxylic acids is 10. The normalized spacial score (nSPS) is 14.2. The zero-order valence-electron chi connectivity index (χ0n) is 68.2. The first-order valence-corrected chi connectivity index (χ1v) is 45.0. The summed E-state index contributed by atoms with van der Waals surface area (Å²) in [5, 5.41) is 45.9. The van der Waals surface area contributed by atoms with E-state index in [1.54, 1.807) is 137 Å². The molecule has 0 spiro atoms. The van der Waals surface area contributed by atoms with Crippen LogP contribution in [0, 0.1) is 30.6 Å². The minimum absolute atomic E-state index is 0.0219. The summed E-state index contributed by atoms with van der Waals surface area (Å²) in [6.07, 6.45) is 3.92. The Hall–Kier alpha value is -11.1. The summed E-state index contributed by atoms with van der Waals surface area (Å²) < 4.78 is 61.2. The lowest BCUT2D eigenvalue weighted by Crippen LogP contribution is -2.61. The number of benzene rings is 6. The maximum absolute atomic E-state index is 15.0. The summed E-state index contributed by atoms with van der Waals surface area (Å²) >= 11 is 2.94. The van der Waals surface area contributed by atoms with E-state index in [1.165, 1.54) is 36.0 Å². The minimum atomic E-state index is -4.20. The molecule has 0 radical (unpaired) electrons. The van der Waals surface area contributed by atoms with Crippen LogP contribution in [0.5, 0.6) is 5.75 Å². The molecule has 0 bridgehead atoms. The van der Waals surface area contributed by atoms with Crippen LogP contribution in [-0.2, 0) is 92.3 Å². The van der Waals surface area contributed by atoms with Crippen molar-refractivity contribution in [2.75, 3.05) is 45.1 Å². The SMILES string of the molecule is CCOc1ccc(C[C@@H](NC(=O)CC2(SCc3ccccc3)CCCCC2)C(=O)N[C@@H](Cc2ccccc2)C(=O)N[C@H](C(=O)N[C@@H](CC(N)=O)C(=O)N[C@@H](CSCc2ccccc2)C(=O)N[C@@H](CCCNC(=N)NS(=O)(=O)c2ccc(C)cc2)C(=O)NCC(=O)NCCNC(=O)[C@@H](N)CCCNC(=N)NS(=O)(=O)c2ccc(C)cc2)C(C)C)cc1. The van der Waals surface area contributed by atoms with Crippen LogP contribution in [0.1, 0.15) is 125 Å². The molecule has 6 aromatic rings. The highest BCUT2D eigenvalue weighted by atomic mass is 32.2. The number of guanidine groups is 2. The zero-order valence-corrected chi connectivity index (χ0v) is 71.4. The highest BCUT2D eigenvalue weighted by Gasteiger charge is 2.39. The largest absolute Gasteiger partial charge is 0.494 e. The van der Waals surface area contributed by atoms with Crippen molar-refractivity contribution in [1.82, 2.24) is 67.9 Å². The molecule has 36 heteroatoms. The van der Waals surface area contributed by atoms with Gasteiger partial charge < -0.3 is 74.7 Å². The van der Waals surface area contributed by atoms with E-state index in [-0.39, 0.29) is 92.6 Å². The van der Waals surface area contributed by atoms with Crippen LogP contribution in [0.4, 0.5) is 0 Å². The van der Waals surface area contributed by atoms with Gasteiger partial charge in [0.15, 0.2) is 0 Å². The molecule has 19 N–H and O–H groups in total. The molecule has 10 amide bonds. The Bertz CT molecular complexity index is 4630. The van der Waals surface area contributed by atoms with Gasteiger partial charge in [-0.3, -0.25) is 58.8 Å². The van der Waals surface area contributed by atoms with Crippen molar-refractivity contribution >= 4 is 115 Å². The number of ether oxygens (including phenoxy) is 1. The van der Waals surface area contributed by atoms with E-state index in [9.17, 15) is 55.2 Å². The molecule has 7 atom stereocenters. The molecule has 0 heterocycles. The van der Waals surface area contributed by atoms with E-state index in [0.717, 1.165) is 54.4 Å². The topological polar surface area (TPSA) is 504 Å². The Morgan fingerprint density at radius 2 is 0.942 bits per heavy atom. The number of aryl methyl sites for hydroxylation is 2. The number of amides is 10. The molecule has 7 rings (SSSR count). The molecule has 1 aliphatic carbocycles. The summed E-state index contributed by atoms with van der Waals surface area (Å²) in [7, 11) is -8.22. The number of hydrogen-bond donors (Lipinski definition) is 17. The van der Waals surface area contributed by atoms with Crippen LogP contribution < -0.4 is 84.1 Å². The third kappa shape index (κ3) is 33.6. The Labute approximate surface area is 710 Å². The number of thioether (sulfide) groups is 2. The second kappa shape index (κ2) is 48.8. The first kappa shape index (κ1) is 96.1. The minimum Gasteiger partial charge on any atom is -0.494 e. The van der Waals surface area contributed by atoms with Gasteiger partial charge in [0.05, 0.1) is 35.4 Å². The number of hydrogen-bond acceptors (Lipinski definition) is 20. The van der Waals surface area contributed by atoms with Crippen molar-refractivity contribution in [3.8, 4) is 5.75 Å². The Balaban J connectivity index is 1.04. The summed E-state index contributed by atoms with van der Waals surface area (Å²) in [6, 6.07) is 37.1. The van der Waals surface area contributed by atoms with E-state index < -0.39 is 151 Å². The molecule has 0 aromatic heterocycles. The lowest BCUT2D eigenvalue weighted by atomic mass is 9.85. The molecular formula is C84H113N17O15S4. The molecule has 0 unspecified atom stereocenters. The van der Waals surface area contributed by atoms with Crippen LogP contribution in [0.15, 0.2) is 174 Å². The van der Waals surface area contributed by atoms with Gasteiger partial charge in [-0.2, -0.15) is 11.8 Å². The van der Waals surface area contributed by atoms with Gasteiger partial charge in [-0.25, -0.2) is 26.3 Å². The first-order chi connectivity index (χ1) is 57.3. The predicted molar refractivity (Wildman–Crippen MR) is 462 cm³/mol. The third-order valence-corrected chi connectivity index (χ3v) is 24.9. The molecule has 6 aromatic carbocycles. The van der Waals surface area contributed by atoms with Gasteiger partial charge in [0.2, 0.25) is 71.0 Å². The Kier molecular flexibility index (Phi) is 39.1. The number of carbonyl (C=O) groups is 10. The number of nitrogens with two attached hydrogens (primary N) is 2. The van der Waals surface area contributed by atoms with Crippen molar-refractivity contribution in [3.05, 3.63) is 197 Å². The third-order valence-electron chi connectivity index (χ3n) is 19.4. The van der Waals surface area contributed by atoms with E-state index in [4.69, 9.17) is 27.0 Å². The van der Waals surface area contributed by atoms with Crippen LogP contribution in [0.25, 0.3) is 0 Å². The average molecular weight is 1730 g/mol. The molecule has 1 aliphatic rings. The molecule has 1 saturated carbocycles. The highest BCUT2D eigenvalue weighted by Crippen LogP contribution is 2.44. The summed E-state index contributed by atoms with van der Waals surface area (Å²) in [6.45, 7) is 8.15. The van der Waals surface area contributed by atoms with Crippen molar-refractivity contribution in [2.24, 2.45) is 17.4 Å². The van der Waals surface area contributed by atoms with E-state index in [2.05, 4.69) is 67.9 Å². The maximum Gasteiger partial charge on any atom is 0.264 e. The van der Waals surface area contributed by atoms with Crippen LogP contribution in [0.3, 0.4) is 0 Å². The Morgan fingerprint density at radius 3 is 1.48 bits per heavy atom. The number of primary amides is 1. The summed E-state index contributed by atoms with van der Waals surface area (Å²) in [4.78, 5) is 142. The number of rotatable bonds is 48. The fraction of sp³-hybridized carbons (Fsp3) is 0.429. The van der Waals surface area contributed by atoms with Crippen LogP contribution in [0.2, 0.25) is 0 Å². The second-order valence-corrected chi connectivity index (χ2v) is 35.5. The van der Waals surface area contributed by atoms with Gasteiger partial charge >= 0.3 is 0 Å².